The van der Waals surface area contributed by atoms with Crippen LogP contribution in [0.3, 0.4) is 0 Å². The van der Waals surface area contributed by atoms with Crippen molar-refractivity contribution in [3.63, 3.8) is 0 Å². The van der Waals surface area contributed by atoms with Gasteiger partial charge in [-0.15, -0.1) is 0 Å². The highest BCUT2D eigenvalue weighted by molar-refractivity contribution is 5.97. The van der Waals surface area contributed by atoms with Crippen molar-refractivity contribution >= 4 is 23.9 Å². The van der Waals surface area contributed by atoms with Gasteiger partial charge in [-0.05, 0) is 37.1 Å². The summed E-state index contributed by atoms with van der Waals surface area (Å²) in [5, 5.41) is 0. The third kappa shape index (κ3) is 7.39. The van der Waals surface area contributed by atoms with Gasteiger partial charge in [-0.25, -0.2) is 19.2 Å². The molecule has 0 spiro atoms. The molecule has 2 aromatic carbocycles. The van der Waals surface area contributed by atoms with Crippen LogP contribution in [0.1, 0.15) is 47.4 Å². The maximum atomic E-state index is 12.1. The van der Waals surface area contributed by atoms with Crippen LogP contribution < -0.4 is 9.47 Å². The molecule has 0 atom stereocenters. The van der Waals surface area contributed by atoms with Crippen LogP contribution in [0.5, 0.6) is 11.5 Å². The second-order valence-electron chi connectivity index (χ2n) is 6.44. The van der Waals surface area contributed by atoms with Crippen LogP contribution in [0.4, 0.5) is 0 Å². The molecule has 0 bridgehead atoms. The molecule has 0 aliphatic carbocycles. The Morgan fingerprint density at radius 2 is 1.03 bits per heavy atom. The van der Waals surface area contributed by atoms with E-state index in [-0.39, 0.29) is 35.8 Å². The Hall–Kier alpha value is -3.94. The predicted octanol–water partition coefficient (Wildman–Crippen LogP) is 3.89. The smallest absolute Gasteiger partial charge is 0.341 e. The number of rotatable bonds is 10. The largest absolute Gasteiger partial charge is 0.462 e. The van der Waals surface area contributed by atoms with Crippen LogP contribution in [-0.2, 0) is 19.1 Å². The van der Waals surface area contributed by atoms with E-state index in [0.29, 0.717) is 12.8 Å². The van der Waals surface area contributed by atoms with E-state index in [1.54, 1.807) is 24.3 Å². The lowest BCUT2D eigenvalue weighted by atomic mass is 10.2. The summed E-state index contributed by atoms with van der Waals surface area (Å²) in [7, 11) is 0. The number of para-hydroxylation sites is 2. The van der Waals surface area contributed by atoms with Gasteiger partial charge in [0.2, 0.25) is 0 Å². The van der Waals surface area contributed by atoms with Gasteiger partial charge in [0, 0.05) is 12.2 Å². The summed E-state index contributed by atoms with van der Waals surface area (Å²) in [5.74, 6) is -3.03. The fraction of sp³-hybridized carbons (Fsp3) is 0.250. The number of hydrogen-bond acceptors (Lipinski definition) is 8. The molecule has 0 saturated carbocycles. The first kappa shape index (κ1) is 24.3. The fourth-order valence-electron chi connectivity index (χ4n) is 2.41. The van der Waals surface area contributed by atoms with Crippen molar-refractivity contribution in [1.82, 2.24) is 0 Å². The highest BCUT2D eigenvalue weighted by Gasteiger charge is 2.17. The van der Waals surface area contributed by atoms with Crippen molar-refractivity contribution in [2.24, 2.45) is 0 Å². The first-order chi connectivity index (χ1) is 15.5. The SMILES string of the molecule is CCCOC(=O)c1ccccc1OC(=O)/C=C/C(=O)Oc1ccccc1C(=O)OCCC. The van der Waals surface area contributed by atoms with E-state index in [1.165, 1.54) is 24.3 Å². The first-order valence-electron chi connectivity index (χ1n) is 10.1. The first-order valence-corrected chi connectivity index (χ1v) is 10.1. The van der Waals surface area contributed by atoms with Crippen molar-refractivity contribution in [3.8, 4) is 11.5 Å². The standard InChI is InChI=1S/C24H24O8/c1-3-15-29-23(27)17-9-5-7-11-19(17)31-21(25)13-14-22(26)32-20-12-8-6-10-18(20)24(28)30-16-4-2/h5-14H,3-4,15-16H2,1-2H3/b14-13+. The van der Waals surface area contributed by atoms with E-state index in [2.05, 4.69) is 0 Å². The molecule has 0 N–H and O–H groups in total. The molecule has 8 heteroatoms. The van der Waals surface area contributed by atoms with Gasteiger partial charge in [-0.1, -0.05) is 38.1 Å². The van der Waals surface area contributed by atoms with Crippen LogP contribution in [-0.4, -0.2) is 37.1 Å². The average molecular weight is 440 g/mol. The molecule has 0 unspecified atom stereocenters. The fourth-order valence-corrected chi connectivity index (χ4v) is 2.41. The third-order valence-electron chi connectivity index (χ3n) is 3.87. The Balaban J connectivity index is 2.02. The van der Waals surface area contributed by atoms with Crippen LogP contribution in [0.25, 0.3) is 0 Å². The molecule has 2 aromatic rings. The lowest BCUT2D eigenvalue weighted by Gasteiger charge is -2.09. The van der Waals surface area contributed by atoms with E-state index >= 15 is 0 Å². The maximum Gasteiger partial charge on any atom is 0.341 e. The average Bonchev–Trinajstić information content (AvgIpc) is 2.80. The maximum absolute atomic E-state index is 12.1. The monoisotopic (exact) mass is 440 g/mol. The van der Waals surface area contributed by atoms with Gasteiger partial charge in [0.1, 0.15) is 22.6 Å². The molecule has 32 heavy (non-hydrogen) atoms. The van der Waals surface area contributed by atoms with Crippen molar-refractivity contribution in [3.05, 3.63) is 71.8 Å². The van der Waals surface area contributed by atoms with Crippen LogP contribution in [0, 0.1) is 0 Å². The van der Waals surface area contributed by atoms with E-state index in [1.807, 2.05) is 13.8 Å². The lowest BCUT2D eigenvalue weighted by Crippen LogP contribution is -2.13. The number of hydrogen-bond donors (Lipinski definition) is 0. The lowest BCUT2D eigenvalue weighted by molar-refractivity contribution is -0.131. The molecule has 0 aliphatic heterocycles. The van der Waals surface area contributed by atoms with Gasteiger partial charge in [0.15, 0.2) is 0 Å². The number of ether oxygens (including phenoxy) is 4. The van der Waals surface area contributed by atoms with Gasteiger partial charge in [-0.2, -0.15) is 0 Å². The van der Waals surface area contributed by atoms with E-state index in [0.717, 1.165) is 12.2 Å². The second-order valence-corrected chi connectivity index (χ2v) is 6.44. The highest BCUT2D eigenvalue weighted by atomic mass is 16.6. The van der Waals surface area contributed by atoms with Gasteiger partial charge in [0.05, 0.1) is 13.2 Å². The molecule has 0 saturated heterocycles. The molecule has 0 aromatic heterocycles. The second kappa shape index (κ2) is 12.7. The zero-order valence-corrected chi connectivity index (χ0v) is 17.9. The Morgan fingerprint density at radius 3 is 1.41 bits per heavy atom. The molecule has 8 nitrogen and oxygen atoms in total. The number of carbonyl (C=O) groups is 4. The van der Waals surface area contributed by atoms with Crippen molar-refractivity contribution < 1.29 is 38.1 Å². The summed E-state index contributed by atoms with van der Waals surface area (Å²) in [4.78, 5) is 48.4. The molecule has 0 amide bonds. The Labute approximate surface area is 185 Å². The summed E-state index contributed by atoms with van der Waals surface area (Å²) in [5.41, 5.74) is 0.176. The van der Waals surface area contributed by atoms with Crippen molar-refractivity contribution in [2.45, 2.75) is 26.7 Å². The minimum absolute atomic E-state index is 0.000589. The van der Waals surface area contributed by atoms with E-state index in [9.17, 15) is 19.2 Å². The minimum atomic E-state index is -0.895. The van der Waals surface area contributed by atoms with Crippen LogP contribution >= 0.6 is 0 Å². The highest BCUT2D eigenvalue weighted by Crippen LogP contribution is 2.21. The zero-order valence-electron chi connectivity index (χ0n) is 17.9. The third-order valence-corrected chi connectivity index (χ3v) is 3.87. The molecule has 168 valence electrons. The Kier molecular flexibility index (Phi) is 9.65. The topological polar surface area (TPSA) is 105 Å². The number of benzene rings is 2. The van der Waals surface area contributed by atoms with E-state index < -0.39 is 23.9 Å². The summed E-state index contributed by atoms with van der Waals surface area (Å²) < 4.78 is 20.4. The van der Waals surface area contributed by atoms with Crippen molar-refractivity contribution in [2.75, 3.05) is 13.2 Å². The molecule has 0 aliphatic rings. The molecular formula is C24H24O8. The molecule has 2 rings (SSSR count). The van der Waals surface area contributed by atoms with Gasteiger partial charge < -0.3 is 18.9 Å². The quantitative estimate of drug-likeness (QED) is 0.311. The normalized spacial score (nSPS) is 10.4. The summed E-state index contributed by atoms with van der Waals surface area (Å²) >= 11 is 0. The van der Waals surface area contributed by atoms with Crippen LogP contribution in [0.15, 0.2) is 60.7 Å². The molecular weight excluding hydrogens is 416 g/mol. The molecule has 0 fully saturated rings. The Morgan fingerprint density at radius 1 is 0.656 bits per heavy atom. The predicted molar refractivity (Wildman–Crippen MR) is 114 cm³/mol. The van der Waals surface area contributed by atoms with Crippen LogP contribution in [0.2, 0.25) is 0 Å². The summed E-state index contributed by atoms with van der Waals surface area (Å²) in [6, 6.07) is 12.2. The summed E-state index contributed by atoms with van der Waals surface area (Å²) in [6.45, 7) is 4.19. The van der Waals surface area contributed by atoms with Gasteiger partial charge in [-0.3, -0.25) is 0 Å². The van der Waals surface area contributed by atoms with E-state index in [4.69, 9.17) is 18.9 Å². The number of esters is 4. The van der Waals surface area contributed by atoms with Gasteiger partial charge in [0.25, 0.3) is 0 Å². The zero-order chi connectivity index (χ0) is 23.3. The minimum Gasteiger partial charge on any atom is -0.462 e. The molecule has 0 heterocycles. The Bertz CT molecular complexity index is 913. The van der Waals surface area contributed by atoms with Crippen molar-refractivity contribution in [1.29, 1.82) is 0 Å². The molecule has 0 radical (unpaired) electrons. The summed E-state index contributed by atoms with van der Waals surface area (Å²) in [6.07, 6.45) is 3.01. The van der Waals surface area contributed by atoms with Gasteiger partial charge >= 0.3 is 23.9 Å². The number of carbonyl (C=O) groups excluding carboxylic acids is 4.